The van der Waals surface area contributed by atoms with Crippen molar-refractivity contribution >= 4 is 29.9 Å². The number of guanidine groups is 1. The molecule has 16 heavy (non-hydrogen) atoms. The van der Waals surface area contributed by atoms with Crippen molar-refractivity contribution < 1.29 is 0 Å². The van der Waals surface area contributed by atoms with Crippen molar-refractivity contribution in [1.29, 1.82) is 0 Å². The molecule has 0 aromatic heterocycles. The predicted octanol–water partition coefficient (Wildman–Crippen LogP) is 2.68. The number of rotatable bonds is 4. The average Bonchev–Trinajstić information content (AvgIpc) is 2.28. The van der Waals surface area contributed by atoms with Gasteiger partial charge in [0.25, 0.3) is 0 Å². The van der Waals surface area contributed by atoms with Gasteiger partial charge in [-0.2, -0.15) is 0 Å². The van der Waals surface area contributed by atoms with E-state index in [2.05, 4.69) is 29.1 Å². The van der Waals surface area contributed by atoms with E-state index in [0.29, 0.717) is 12.6 Å². The lowest BCUT2D eigenvalue weighted by Gasteiger charge is -2.24. The molecule has 1 aliphatic rings. The molecule has 0 aliphatic heterocycles. The second-order valence-electron chi connectivity index (χ2n) is 3.99. The van der Waals surface area contributed by atoms with Crippen molar-refractivity contribution in [3.8, 4) is 0 Å². The summed E-state index contributed by atoms with van der Waals surface area (Å²) in [5.74, 6) is 0.935. The minimum absolute atomic E-state index is 0. The van der Waals surface area contributed by atoms with Crippen LogP contribution in [-0.4, -0.2) is 25.1 Å². The molecule has 0 radical (unpaired) electrons. The fourth-order valence-electron chi connectivity index (χ4n) is 1.92. The van der Waals surface area contributed by atoms with Crippen LogP contribution >= 0.6 is 24.0 Å². The summed E-state index contributed by atoms with van der Waals surface area (Å²) in [4.78, 5) is 4.40. The molecule has 94 valence electrons. The summed E-state index contributed by atoms with van der Waals surface area (Å²) in [6, 6.07) is 0.612. The first kappa shape index (κ1) is 15.7. The third-order valence-corrected chi connectivity index (χ3v) is 2.67. The summed E-state index contributed by atoms with van der Waals surface area (Å²) in [5, 5.41) is 6.74. The lowest BCUT2D eigenvalue weighted by atomic mass is 9.96. The molecular formula is C12H24IN3. The quantitative estimate of drug-likeness (QED) is 0.358. The van der Waals surface area contributed by atoms with Gasteiger partial charge in [-0.25, -0.2) is 4.99 Å². The molecule has 3 nitrogen and oxygen atoms in total. The second kappa shape index (κ2) is 9.93. The largest absolute Gasteiger partial charge is 0.357 e. The highest BCUT2D eigenvalue weighted by Crippen LogP contribution is 2.17. The third-order valence-electron chi connectivity index (χ3n) is 2.67. The molecule has 0 heterocycles. The van der Waals surface area contributed by atoms with Crippen LogP contribution in [-0.2, 0) is 0 Å². The van der Waals surface area contributed by atoms with Gasteiger partial charge in [-0.3, -0.25) is 0 Å². The standard InChI is InChI=1S/C12H23N3.HI/c1-3-10-14-12(13-4-2)15-11-8-6-5-7-9-11;/h3,11H,1,4-10H2,2H3,(H2,13,14,15);1H. The van der Waals surface area contributed by atoms with E-state index in [0.717, 1.165) is 12.5 Å². The fourth-order valence-corrected chi connectivity index (χ4v) is 1.92. The van der Waals surface area contributed by atoms with Crippen molar-refractivity contribution in [2.45, 2.75) is 45.1 Å². The van der Waals surface area contributed by atoms with Crippen molar-refractivity contribution in [1.82, 2.24) is 10.6 Å². The summed E-state index contributed by atoms with van der Waals surface area (Å²) in [6.45, 7) is 7.36. The second-order valence-corrected chi connectivity index (χ2v) is 3.99. The predicted molar refractivity (Wildman–Crippen MR) is 81.6 cm³/mol. The number of hydrogen-bond donors (Lipinski definition) is 2. The molecule has 2 N–H and O–H groups in total. The van der Waals surface area contributed by atoms with Gasteiger partial charge in [-0.1, -0.05) is 25.3 Å². The maximum Gasteiger partial charge on any atom is 0.191 e. The van der Waals surface area contributed by atoms with Crippen molar-refractivity contribution in [3.63, 3.8) is 0 Å². The summed E-state index contributed by atoms with van der Waals surface area (Å²) in [5.41, 5.74) is 0. The van der Waals surface area contributed by atoms with E-state index in [1.54, 1.807) is 0 Å². The van der Waals surface area contributed by atoms with Crippen LogP contribution in [0.3, 0.4) is 0 Å². The number of halogens is 1. The monoisotopic (exact) mass is 337 g/mol. The van der Waals surface area contributed by atoms with E-state index in [1.165, 1.54) is 32.1 Å². The lowest BCUT2D eigenvalue weighted by molar-refractivity contribution is 0.410. The van der Waals surface area contributed by atoms with Crippen LogP contribution in [0.4, 0.5) is 0 Å². The van der Waals surface area contributed by atoms with Crippen LogP contribution in [0.15, 0.2) is 17.6 Å². The molecule has 4 heteroatoms. The highest BCUT2D eigenvalue weighted by atomic mass is 127. The first-order valence-electron chi connectivity index (χ1n) is 6.02. The zero-order valence-electron chi connectivity index (χ0n) is 10.2. The highest BCUT2D eigenvalue weighted by molar-refractivity contribution is 14.0. The molecule has 1 rings (SSSR count). The summed E-state index contributed by atoms with van der Waals surface area (Å²) >= 11 is 0. The Kier molecular flexibility index (Phi) is 9.77. The fraction of sp³-hybridized carbons (Fsp3) is 0.750. The van der Waals surface area contributed by atoms with Crippen LogP contribution in [0.1, 0.15) is 39.0 Å². The smallest absolute Gasteiger partial charge is 0.191 e. The van der Waals surface area contributed by atoms with Gasteiger partial charge >= 0.3 is 0 Å². The van der Waals surface area contributed by atoms with Crippen LogP contribution in [0, 0.1) is 0 Å². The van der Waals surface area contributed by atoms with Gasteiger partial charge in [0, 0.05) is 12.6 Å². The van der Waals surface area contributed by atoms with E-state index >= 15 is 0 Å². The van der Waals surface area contributed by atoms with Crippen molar-refractivity contribution in [2.75, 3.05) is 13.1 Å². The number of aliphatic imine (C=N–C) groups is 1. The highest BCUT2D eigenvalue weighted by Gasteiger charge is 2.13. The third kappa shape index (κ3) is 6.35. The molecule has 0 amide bonds. The molecule has 1 fully saturated rings. The molecule has 0 spiro atoms. The molecule has 0 unspecified atom stereocenters. The van der Waals surface area contributed by atoms with E-state index in [4.69, 9.17) is 0 Å². The molecule has 0 aromatic rings. The van der Waals surface area contributed by atoms with Gasteiger partial charge in [-0.05, 0) is 19.8 Å². The summed E-state index contributed by atoms with van der Waals surface area (Å²) in [7, 11) is 0. The Hall–Kier alpha value is -0.260. The van der Waals surface area contributed by atoms with Gasteiger partial charge in [0.2, 0.25) is 0 Å². The van der Waals surface area contributed by atoms with Gasteiger partial charge < -0.3 is 10.6 Å². The summed E-state index contributed by atoms with van der Waals surface area (Å²) in [6.07, 6.45) is 8.45. The van der Waals surface area contributed by atoms with Gasteiger partial charge in [0.05, 0.1) is 6.54 Å². The molecule has 0 aromatic carbocycles. The van der Waals surface area contributed by atoms with Crippen LogP contribution < -0.4 is 10.6 Å². The van der Waals surface area contributed by atoms with Crippen molar-refractivity contribution in [2.24, 2.45) is 4.99 Å². The Morgan fingerprint density at radius 1 is 1.38 bits per heavy atom. The Bertz CT molecular complexity index is 210. The number of nitrogens with zero attached hydrogens (tertiary/aromatic N) is 1. The van der Waals surface area contributed by atoms with Gasteiger partial charge in [-0.15, -0.1) is 30.6 Å². The number of hydrogen-bond acceptors (Lipinski definition) is 1. The van der Waals surface area contributed by atoms with Crippen LogP contribution in [0.25, 0.3) is 0 Å². The first-order chi connectivity index (χ1) is 7.36. The van der Waals surface area contributed by atoms with Gasteiger partial charge in [0.15, 0.2) is 5.96 Å². The van der Waals surface area contributed by atoms with E-state index in [-0.39, 0.29) is 24.0 Å². The zero-order valence-corrected chi connectivity index (χ0v) is 12.5. The van der Waals surface area contributed by atoms with E-state index in [9.17, 15) is 0 Å². The average molecular weight is 337 g/mol. The molecule has 1 saturated carbocycles. The van der Waals surface area contributed by atoms with E-state index in [1.807, 2.05) is 6.08 Å². The number of nitrogens with one attached hydrogen (secondary N) is 2. The first-order valence-corrected chi connectivity index (χ1v) is 6.02. The molecule has 0 atom stereocenters. The van der Waals surface area contributed by atoms with Gasteiger partial charge in [0.1, 0.15) is 0 Å². The Balaban J connectivity index is 0.00000225. The van der Waals surface area contributed by atoms with Crippen LogP contribution in [0.5, 0.6) is 0 Å². The zero-order chi connectivity index (χ0) is 10.9. The SMILES string of the molecule is C=CCN=C(NCC)NC1CCCCC1.I. The van der Waals surface area contributed by atoms with Crippen molar-refractivity contribution in [3.05, 3.63) is 12.7 Å². The maximum absolute atomic E-state index is 4.40. The Morgan fingerprint density at radius 2 is 2.06 bits per heavy atom. The van der Waals surface area contributed by atoms with Crippen LogP contribution in [0.2, 0.25) is 0 Å². The minimum Gasteiger partial charge on any atom is -0.357 e. The molecule has 0 bridgehead atoms. The topological polar surface area (TPSA) is 36.4 Å². The summed E-state index contributed by atoms with van der Waals surface area (Å²) < 4.78 is 0. The van der Waals surface area contributed by atoms with E-state index < -0.39 is 0 Å². The Morgan fingerprint density at radius 3 is 2.62 bits per heavy atom. The maximum atomic E-state index is 4.40. The molecule has 1 aliphatic carbocycles. The lowest BCUT2D eigenvalue weighted by Crippen LogP contribution is -2.44. The molecular weight excluding hydrogens is 313 g/mol. The normalized spacial score (nSPS) is 17.4. The minimum atomic E-state index is 0. The molecule has 0 saturated heterocycles. The Labute approximate surface area is 116 Å².